The van der Waals surface area contributed by atoms with E-state index in [0.29, 0.717) is 45.2 Å². The number of methoxy groups -OCH3 is 1. The Morgan fingerprint density at radius 2 is 1.64 bits per heavy atom. The van der Waals surface area contributed by atoms with Crippen LogP contribution in [0.3, 0.4) is 0 Å². The molecule has 2 aromatic carbocycles. The first kappa shape index (κ1) is 31.4. The molecule has 1 saturated heterocycles. The number of benzene rings is 2. The molecule has 0 radical (unpaired) electrons. The number of aliphatic hydroxyl groups excluding tert-OH is 4. The predicted molar refractivity (Wildman–Crippen MR) is 159 cm³/mol. The Bertz CT molecular complexity index is 1810. The van der Waals surface area contributed by atoms with Crippen LogP contribution in [0.25, 0.3) is 32.9 Å². The molecule has 0 saturated carbocycles. The molecular weight excluding hydrogens is 576 g/mol. The minimum Gasteiger partial charge on any atom is -0.508 e. The van der Waals surface area contributed by atoms with E-state index in [1.807, 2.05) is 0 Å². The summed E-state index contributed by atoms with van der Waals surface area (Å²) in [5.74, 6) is 0.432. The van der Waals surface area contributed by atoms with Gasteiger partial charge in [-0.05, 0) is 55.5 Å². The van der Waals surface area contributed by atoms with E-state index in [9.17, 15) is 35.1 Å². The number of carbonyl (C=O) groups is 1. The van der Waals surface area contributed by atoms with Crippen molar-refractivity contribution in [2.45, 2.75) is 57.4 Å². The molecule has 5 N–H and O–H groups in total. The Kier molecular flexibility index (Phi) is 9.20. The number of ether oxygens (including phenoxy) is 3. The topological polar surface area (TPSA) is 189 Å². The van der Waals surface area contributed by atoms with Crippen LogP contribution in [0.2, 0.25) is 0 Å². The first-order valence-corrected chi connectivity index (χ1v) is 14.0. The van der Waals surface area contributed by atoms with Crippen molar-refractivity contribution in [1.82, 2.24) is 0 Å². The Labute approximate surface area is 251 Å². The number of carbonyl (C=O) groups excluding carboxylic acids is 1. The molecule has 0 bridgehead atoms. The van der Waals surface area contributed by atoms with Gasteiger partial charge in [-0.2, -0.15) is 0 Å². The van der Waals surface area contributed by atoms with Crippen molar-refractivity contribution in [2.75, 3.05) is 20.3 Å². The number of rotatable bonds is 10. The van der Waals surface area contributed by atoms with Crippen LogP contribution in [0.1, 0.15) is 25.0 Å². The van der Waals surface area contributed by atoms with Gasteiger partial charge in [0.2, 0.25) is 0 Å². The number of aldehydes is 1. The minimum atomic E-state index is -1.55. The molecule has 2 aromatic heterocycles. The van der Waals surface area contributed by atoms with Crippen LogP contribution in [0.5, 0.6) is 11.5 Å². The van der Waals surface area contributed by atoms with Crippen LogP contribution in [-0.4, -0.2) is 82.8 Å². The lowest BCUT2D eigenvalue weighted by molar-refractivity contribution is -0.299. The monoisotopic (exact) mass is 610 g/mol. The van der Waals surface area contributed by atoms with E-state index in [1.54, 1.807) is 44.2 Å². The average molecular weight is 611 g/mol. The van der Waals surface area contributed by atoms with Crippen molar-refractivity contribution in [1.29, 1.82) is 0 Å². The SMILES string of the molecule is COc1cc2oc3c4cc(CC=C(C)COC5OC(CO)C(O)C(O)C5O)c(O)cc4oc(=O)c3c2cc1CC=C(C)C=O. The number of aliphatic hydroxyl groups is 4. The fourth-order valence-corrected chi connectivity index (χ4v) is 5.18. The zero-order valence-corrected chi connectivity index (χ0v) is 24.4. The van der Waals surface area contributed by atoms with Gasteiger partial charge in [0.05, 0.1) is 25.7 Å². The summed E-state index contributed by atoms with van der Waals surface area (Å²) in [5.41, 5.74) is 2.74. The van der Waals surface area contributed by atoms with E-state index in [2.05, 4.69) is 0 Å². The fraction of sp³-hybridized carbons (Fsp3) is 0.375. The highest BCUT2D eigenvalue weighted by molar-refractivity contribution is 6.13. The molecule has 5 atom stereocenters. The number of hydrogen-bond donors (Lipinski definition) is 5. The van der Waals surface area contributed by atoms with Crippen LogP contribution in [-0.2, 0) is 27.1 Å². The molecule has 1 fully saturated rings. The summed E-state index contributed by atoms with van der Waals surface area (Å²) in [5, 5.41) is 51.4. The van der Waals surface area contributed by atoms with Crippen molar-refractivity contribution in [2.24, 2.45) is 0 Å². The molecule has 0 amide bonds. The van der Waals surface area contributed by atoms with E-state index in [1.165, 1.54) is 13.2 Å². The lowest BCUT2D eigenvalue weighted by Gasteiger charge is -2.39. The van der Waals surface area contributed by atoms with Crippen LogP contribution in [0.15, 0.2) is 61.2 Å². The number of furan rings is 1. The van der Waals surface area contributed by atoms with Gasteiger partial charge in [0.25, 0.3) is 0 Å². The van der Waals surface area contributed by atoms with Gasteiger partial charge in [-0.1, -0.05) is 17.7 Å². The molecule has 0 aliphatic carbocycles. The summed E-state index contributed by atoms with van der Waals surface area (Å²) in [4.78, 5) is 24.1. The molecule has 234 valence electrons. The van der Waals surface area contributed by atoms with E-state index in [-0.39, 0.29) is 35.3 Å². The van der Waals surface area contributed by atoms with Gasteiger partial charge in [-0.3, -0.25) is 4.79 Å². The number of fused-ring (bicyclic) bond motifs is 5. The molecule has 1 aliphatic rings. The molecule has 3 heterocycles. The highest BCUT2D eigenvalue weighted by Crippen LogP contribution is 2.37. The third kappa shape index (κ3) is 6.00. The third-order valence-electron chi connectivity index (χ3n) is 7.75. The molecule has 5 unspecified atom stereocenters. The molecule has 44 heavy (non-hydrogen) atoms. The maximum absolute atomic E-state index is 13.1. The zero-order valence-electron chi connectivity index (χ0n) is 24.4. The molecular formula is C32H34O12. The lowest BCUT2D eigenvalue weighted by atomic mass is 9.99. The second kappa shape index (κ2) is 12.9. The van der Waals surface area contributed by atoms with E-state index >= 15 is 0 Å². The summed E-state index contributed by atoms with van der Waals surface area (Å²) in [6, 6.07) is 6.49. The van der Waals surface area contributed by atoms with Gasteiger partial charge in [0, 0.05) is 17.5 Å². The van der Waals surface area contributed by atoms with Gasteiger partial charge in [0.1, 0.15) is 58.8 Å². The zero-order chi connectivity index (χ0) is 31.7. The largest absolute Gasteiger partial charge is 0.508 e. The Balaban J connectivity index is 1.44. The van der Waals surface area contributed by atoms with Crippen molar-refractivity contribution in [3.63, 3.8) is 0 Å². The lowest BCUT2D eigenvalue weighted by Crippen LogP contribution is -2.59. The highest BCUT2D eigenvalue weighted by atomic mass is 16.7. The van der Waals surface area contributed by atoms with Gasteiger partial charge in [-0.15, -0.1) is 0 Å². The number of phenols is 1. The van der Waals surface area contributed by atoms with E-state index < -0.39 is 42.9 Å². The van der Waals surface area contributed by atoms with Crippen LogP contribution >= 0.6 is 0 Å². The summed E-state index contributed by atoms with van der Waals surface area (Å²) in [6.45, 7) is 2.89. The number of aromatic hydroxyl groups is 1. The quantitative estimate of drug-likeness (QED) is 0.0764. The maximum atomic E-state index is 13.1. The smallest absolute Gasteiger partial charge is 0.348 e. The van der Waals surface area contributed by atoms with Gasteiger partial charge >= 0.3 is 5.63 Å². The van der Waals surface area contributed by atoms with E-state index in [4.69, 9.17) is 23.0 Å². The summed E-state index contributed by atoms with van der Waals surface area (Å²) < 4.78 is 28.2. The Morgan fingerprint density at radius 1 is 0.932 bits per heavy atom. The standard InChI is InChI=1S/C32H34O12/c1-15(12-33)4-7-18-9-19-24(11-22(18)40-3)42-30-20-8-17(21(35)10-23(20)43-31(39)26(19)30)6-5-16(2)14-41-32-29(38)28(37)27(36)25(13-34)44-32/h4-5,8-12,25,27-29,32,34-38H,6-7,13-14H2,1-3H3. The van der Waals surface area contributed by atoms with Crippen LogP contribution < -0.4 is 10.4 Å². The summed E-state index contributed by atoms with van der Waals surface area (Å²) in [7, 11) is 1.52. The van der Waals surface area contributed by atoms with Gasteiger partial charge in [0.15, 0.2) is 11.9 Å². The molecule has 12 nitrogen and oxygen atoms in total. The molecule has 1 aliphatic heterocycles. The van der Waals surface area contributed by atoms with Crippen molar-refractivity contribution in [3.8, 4) is 11.5 Å². The van der Waals surface area contributed by atoms with Gasteiger partial charge in [-0.25, -0.2) is 4.79 Å². The predicted octanol–water partition coefficient (Wildman–Crippen LogP) is 2.40. The first-order chi connectivity index (χ1) is 21.1. The number of hydrogen-bond acceptors (Lipinski definition) is 12. The Hall–Kier alpha value is -4.04. The summed E-state index contributed by atoms with van der Waals surface area (Å²) in [6.07, 6.45) is -1.93. The van der Waals surface area contributed by atoms with Crippen molar-refractivity contribution in [3.05, 3.63) is 69.1 Å². The maximum Gasteiger partial charge on any atom is 0.348 e. The second-order valence-electron chi connectivity index (χ2n) is 10.9. The van der Waals surface area contributed by atoms with Gasteiger partial charge < -0.3 is 48.6 Å². The van der Waals surface area contributed by atoms with Crippen molar-refractivity contribution >= 4 is 39.2 Å². The minimum absolute atomic E-state index is 0.00848. The third-order valence-corrected chi connectivity index (χ3v) is 7.75. The molecule has 5 rings (SSSR count). The van der Waals surface area contributed by atoms with Crippen LogP contribution in [0.4, 0.5) is 0 Å². The fourth-order valence-electron chi connectivity index (χ4n) is 5.18. The van der Waals surface area contributed by atoms with E-state index in [0.717, 1.165) is 11.8 Å². The summed E-state index contributed by atoms with van der Waals surface area (Å²) >= 11 is 0. The second-order valence-corrected chi connectivity index (χ2v) is 10.9. The van der Waals surface area contributed by atoms with Crippen molar-refractivity contribution < 1.29 is 53.4 Å². The van der Waals surface area contributed by atoms with Crippen LogP contribution in [0, 0.1) is 0 Å². The Morgan fingerprint density at radius 3 is 2.34 bits per heavy atom. The number of phenolic OH excluding ortho intramolecular Hbond substituents is 1. The first-order valence-electron chi connectivity index (χ1n) is 14.0. The molecule has 0 spiro atoms. The normalized spacial score (nSPS) is 23.1. The average Bonchev–Trinajstić information content (AvgIpc) is 3.39. The molecule has 4 aromatic rings. The number of allylic oxidation sites excluding steroid dienone is 3. The highest BCUT2D eigenvalue weighted by Gasteiger charge is 2.44. The molecule has 12 heteroatoms.